The molecular formula is C23H20N2O4. The van der Waals surface area contributed by atoms with Crippen LogP contribution in [0.4, 0.5) is 5.69 Å². The molecule has 4 rings (SSSR count). The molecule has 2 heterocycles. The Morgan fingerprint density at radius 3 is 2.59 bits per heavy atom. The number of hydrogen-bond donors (Lipinski definition) is 3. The smallest absolute Gasteiger partial charge is 0.337 e. The van der Waals surface area contributed by atoms with Crippen LogP contribution in [-0.2, 0) is 4.79 Å². The summed E-state index contributed by atoms with van der Waals surface area (Å²) in [6.45, 7) is 3.45. The molecule has 0 spiro atoms. The molecule has 0 saturated heterocycles. The fourth-order valence-electron chi connectivity index (χ4n) is 3.80. The lowest BCUT2D eigenvalue weighted by atomic mass is 9.94. The van der Waals surface area contributed by atoms with Crippen molar-refractivity contribution in [2.75, 3.05) is 12.4 Å². The molecule has 1 aliphatic rings. The molecule has 0 unspecified atom stereocenters. The molecular weight excluding hydrogens is 368 g/mol. The van der Waals surface area contributed by atoms with E-state index < -0.39 is 5.97 Å². The van der Waals surface area contributed by atoms with Gasteiger partial charge in [0.1, 0.15) is 5.75 Å². The van der Waals surface area contributed by atoms with Gasteiger partial charge in [0, 0.05) is 22.6 Å². The van der Waals surface area contributed by atoms with E-state index in [-0.39, 0.29) is 11.5 Å². The zero-order chi connectivity index (χ0) is 20.7. The second-order valence-electron chi connectivity index (χ2n) is 6.94. The lowest BCUT2D eigenvalue weighted by Gasteiger charge is -2.10. The van der Waals surface area contributed by atoms with Crippen LogP contribution in [0.1, 0.15) is 32.9 Å². The standard InChI is InChI=1S/C23H20N2O4/c1-12-19(24-13(2)20(12)23(27)28)11-17-21-16(8-5-9-18(21)25-22(17)26)14-6-4-7-15(10-14)29-3/h4-11,24H,1-3H3,(H,25,26)(H,27,28)/b17-11-. The summed E-state index contributed by atoms with van der Waals surface area (Å²) in [7, 11) is 1.61. The SMILES string of the molecule is COc1cccc(-c2cccc3c2/C(=C/c2[nH]c(C)c(C(=O)O)c2C)C(=O)N3)c1. The Morgan fingerprint density at radius 1 is 1.14 bits per heavy atom. The number of aromatic amines is 1. The largest absolute Gasteiger partial charge is 0.497 e. The second-order valence-corrected chi connectivity index (χ2v) is 6.94. The van der Waals surface area contributed by atoms with Gasteiger partial charge in [-0.2, -0.15) is 0 Å². The molecule has 3 aromatic rings. The first-order valence-corrected chi connectivity index (χ1v) is 9.14. The van der Waals surface area contributed by atoms with E-state index in [1.54, 1.807) is 27.0 Å². The van der Waals surface area contributed by atoms with Crippen LogP contribution in [0.2, 0.25) is 0 Å². The number of amides is 1. The van der Waals surface area contributed by atoms with Crippen molar-refractivity contribution < 1.29 is 19.4 Å². The lowest BCUT2D eigenvalue weighted by molar-refractivity contribution is -0.110. The minimum absolute atomic E-state index is 0.223. The van der Waals surface area contributed by atoms with E-state index in [9.17, 15) is 14.7 Å². The number of nitrogens with one attached hydrogen (secondary N) is 2. The highest BCUT2D eigenvalue weighted by Gasteiger charge is 2.28. The summed E-state index contributed by atoms with van der Waals surface area (Å²) in [6.07, 6.45) is 1.72. The summed E-state index contributed by atoms with van der Waals surface area (Å²) in [5.41, 5.74) is 5.81. The minimum Gasteiger partial charge on any atom is -0.497 e. The molecule has 0 aliphatic carbocycles. The number of H-pyrrole nitrogens is 1. The first kappa shape index (κ1) is 18.6. The predicted molar refractivity (Wildman–Crippen MR) is 112 cm³/mol. The van der Waals surface area contributed by atoms with Crippen molar-refractivity contribution in [2.24, 2.45) is 0 Å². The van der Waals surface area contributed by atoms with Crippen LogP contribution in [0.3, 0.4) is 0 Å². The highest BCUT2D eigenvalue weighted by molar-refractivity contribution is 6.36. The van der Waals surface area contributed by atoms with Gasteiger partial charge >= 0.3 is 5.97 Å². The van der Waals surface area contributed by atoms with Crippen molar-refractivity contribution >= 4 is 29.2 Å². The first-order valence-electron chi connectivity index (χ1n) is 9.14. The average Bonchev–Trinajstić information content (AvgIpc) is 3.17. The summed E-state index contributed by atoms with van der Waals surface area (Å²) in [6, 6.07) is 13.4. The zero-order valence-corrected chi connectivity index (χ0v) is 16.3. The molecule has 0 fully saturated rings. The molecule has 0 saturated carbocycles. The van der Waals surface area contributed by atoms with Crippen molar-refractivity contribution in [1.29, 1.82) is 0 Å². The number of rotatable bonds is 4. The van der Waals surface area contributed by atoms with Crippen molar-refractivity contribution in [3.05, 3.63) is 70.5 Å². The van der Waals surface area contributed by atoms with Crippen molar-refractivity contribution in [3.63, 3.8) is 0 Å². The number of anilines is 1. The van der Waals surface area contributed by atoms with Gasteiger partial charge in [-0.25, -0.2) is 4.79 Å². The maximum atomic E-state index is 12.7. The Balaban J connectivity index is 1.90. The van der Waals surface area contributed by atoms with E-state index in [0.29, 0.717) is 22.5 Å². The topological polar surface area (TPSA) is 91.4 Å². The summed E-state index contributed by atoms with van der Waals surface area (Å²) < 4.78 is 5.34. The van der Waals surface area contributed by atoms with E-state index in [0.717, 1.165) is 28.1 Å². The summed E-state index contributed by atoms with van der Waals surface area (Å²) in [5.74, 6) is -0.488. The predicted octanol–water partition coefficient (Wildman–Crippen LogP) is 4.50. The second kappa shape index (κ2) is 6.98. The Bertz CT molecular complexity index is 1190. The number of carboxylic acids is 1. The van der Waals surface area contributed by atoms with E-state index in [1.165, 1.54) is 0 Å². The maximum absolute atomic E-state index is 12.7. The number of methoxy groups -OCH3 is 1. The van der Waals surface area contributed by atoms with Crippen LogP contribution in [0, 0.1) is 13.8 Å². The molecule has 6 heteroatoms. The van der Waals surface area contributed by atoms with E-state index in [2.05, 4.69) is 10.3 Å². The van der Waals surface area contributed by atoms with Gasteiger partial charge in [-0.1, -0.05) is 24.3 Å². The van der Waals surface area contributed by atoms with Crippen LogP contribution in [-0.4, -0.2) is 29.1 Å². The molecule has 1 aromatic heterocycles. The number of fused-ring (bicyclic) bond motifs is 1. The van der Waals surface area contributed by atoms with Crippen molar-refractivity contribution in [3.8, 4) is 16.9 Å². The van der Waals surface area contributed by atoms with Gasteiger partial charge in [0.25, 0.3) is 5.91 Å². The third-order valence-corrected chi connectivity index (χ3v) is 5.19. The normalized spacial score (nSPS) is 14.0. The van der Waals surface area contributed by atoms with E-state index in [4.69, 9.17) is 4.74 Å². The highest BCUT2D eigenvalue weighted by Crippen LogP contribution is 2.41. The van der Waals surface area contributed by atoms with Gasteiger partial charge in [-0.3, -0.25) is 4.79 Å². The van der Waals surface area contributed by atoms with Crippen LogP contribution in [0.15, 0.2) is 42.5 Å². The number of benzene rings is 2. The Labute approximate surface area is 167 Å². The van der Waals surface area contributed by atoms with Gasteiger partial charge in [0.05, 0.1) is 18.2 Å². The molecule has 6 nitrogen and oxygen atoms in total. The number of ether oxygens (including phenoxy) is 1. The number of hydrogen-bond acceptors (Lipinski definition) is 3. The number of carbonyl (C=O) groups excluding carboxylic acids is 1. The molecule has 29 heavy (non-hydrogen) atoms. The molecule has 0 bridgehead atoms. The summed E-state index contributed by atoms with van der Waals surface area (Å²) >= 11 is 0. The zero-order valence-electron chi connectivity index (χ0n) is 16.3. The summed E-state index contributed by atoms with van der Waals surface area (Å²) in [4.78, 5) is 27.4. The molecule has 2 aromatic carbocycles. The fourth-order valence-corrected chi connectivity index (χ4v) is 3.80. The Hall–Kier alpha value is -3.80. The molecule has 1 aliphatic heterocycles. The van der Waals surface area contributed by atoms with E-state index in [1.807, 2.05) is 42.5 Å². The molecule has 146 valence electrons. The van der Waals surface area contributed by atoms with Gasteiger partial charge in [0.15, 0.2) is 0 Å². The summed E-state index contributed by atoms with van der Waals surface area (Å²) in [5, 5.41) is 12.3. The number of carboxylic acid groups (broad SMARTS) is 1. The van der Waals surface area contributed by atoms with Crippen LogP contribution >= 0.6 is 0 Å². The molecule has 0 radical (unpaired) electrons. The van der Waals surface area contributed by atoms with Crippen LogP contribution < -0.4 is 10.1 Å². The number of aryl methyl sites for hydroxylation is 1. The lowest BCUT2D eigenvalue weighted by Crippen LogP contribution is -2.03. The fraction of sp³-hybridized carbons (Fsp3) is 0.130. The molecule has 0 atom stereocenters. The third kappa shape index (κ3) is 3.08. The first-order chi connectivity index (χ1) is 13.9. The monoisotopic (exact) mass is 388 g/mol. The van der Waals surface area contributed by atoms with Crippen LogP contribution in [0.25, 0.3) is 22.8 Å². The highest BCUT2D eigenvalue weighted by atomic mass is 16.5. The van der Waals surface area contributed by atoms with Crippen molar-refractivity contribution in [2.45, 2.75) is 13.8 Å². The van der Waals surface area contributed by atoms with Gasteiger partial charge in [-0.05, 0) is 54.8 Å². The quantitative estimate of drug-likeness (QED) is 0.574. The number of carbonyl (C=O) groups is 2. The third-order valence-electron chi connectivity index (χ3n) is 5.19. The molecule has 1 amide bonds. The maximum Gasteiger partial charge on any atom is 0.337 e. The van der Waals surface area contributed by atoms with Crippen molar-refractivity contribution in [1.82, 2.24) is 4.98 Å². The van der Waals surface area contributed by atoms with Gasteiger partial charge < -0.3 is 20.1 Å². The molecule has 3 N–H and O–H groups in total. The number of aromatic carboxylic acids is 1. The Morgan fingerprint density at radius 2 is 1.90 bits per heavy atom. The van der Waals surface area contributed by atoms with Gasteiger partial charge in [0.2, 0.25) is 0 Å². The van der Waals surface area contributed by atoms with Crippen LogP contribution in [0.5, 0.6) is 5.75 Å². The van der Waals surface area contributed by atoms with Gasteiger partial charge in [-0.15, -0.1) is 0 Å². The average molecular weight is 388 g/mol. The Kier molecular flexibility index (Phi) is 4.47. The minimum atomic E-state index is -0.991. The number of aromatic nitrogens is 1. The van der Waals surface area contributed by atoms with E-state index >= 15 is 0 Å².